The predicted molar refractivity (Wildman–Crippen MR) is 99.7 cm³/mol. The number of benzene rings is 2. The number of hydrogen-bond acceptors (Lipinski definition) is 4. The van der Waals surface area contributed by atoms with Gasteiger partial charge < -0.3 is 10.6 Å². The Bertz CT molecular complexity index is 949. The zero-order valence-corrected chi connectivity index (χ0v) is 15.8. The lowest BCUT2D eigenvalue weighted by molar-refractivity contribution is -0.120. The third-order valence-corrected chi connectivity index (χ3v) is 5.23. The molecule has 0 bridgehead atoms. The maximum atomic E-state index is 13.0. The van der Waals surface area contributed by atoms with Crippen LogP contribution < -0.4 is 15.4 Å². The van der Waals surface area contributed by atoms with Crippen molar-refractivity contribution in [2.75, 3.05) is 17.8 Å². The topological polar surface area (TPSA) is 104 Å². The van der Waals surface area contributed by atoms with Crippen LogP contribution in [0.4, 0.5) is 10.1 Å². The molecule has 0 saturated heterocycles. The lowest BCUT2D eigenvalue weighted by Gasteiger charge is -2.11. The van der Waals surface area contributed by atoms with Crippen LogP contribution in [0.2, 0.25) is 5.02 Å². The average molecular weight is 414 g/mol. The molecule has 0 radical (unpaired) electrons. The number of hydrogen-bond donors (Lipinski definition) is 3. The minimum Gasteiger partial charge on any atom is -0.355 e. The number of rotatable bonds is 7. The van der Waals surface area contributed by atoms with Crippen LogP contribution in [0.1, 0.15) is 17.3 Å². The summed E-state index contributed by atoms with van der Waals surface area (Å²) >= 11 is 5.97. The van der Waals surface area contributed by atoms with Crippen molar-refractivity contribution in [3.63, 3.8) is 0 Å². The van der Waals surface area contributed by atoms with Gasteiger partial charge in [-0.05, 0) is 49.4 Å². The molecule has 0 unspecified atom stereocenters. The standard InChI is InChI=1S/C17H17ClFN3O4S/c1-2-20-16(23)10-21-17(24)11-3-8-14(18)15(9-11)27(25,26)22-13-6-4-12(19)5-7-13/h3-9,22H,2,10H2,1H3,(H,20,23)(H,21,24). The molecule has 0 aromatic heterocycles. The Kier molecular flexibility index (Phi) is 6.75. The summed E-state index contributed by atoms with van der Waals surface area (Å²) in [5.41, 5.74) is 0.154. The highest BCUT2D eigenvalue weighted by Crippen LogP contribution is 2.25. The van der Waals surface area contributed by atoms with Crippen molar-refractivity contribution in [3.8, 4) is 0 Å². The van der Waals surface area contributed by atoms with E-state index in [-0.39, 0.29) is 33.6 Å². The molecule has 0 saturated carbocycles. The van der Waals surface area contributed by atoms with E-state index in [0.717, 1.165) is 18.2 Å². The van der Waals surface area contributed by atoms with Gasteiger partial charge in [-0.3, -0.25) is 14.3 Å². The van der Waals surface area contributed by atoms with Gasteiger partial charge in [0.25, 0.3) is 15.9 Å². The Morgan fingerprint density at radius 2 is 1.74 bits per heavy atom. The summed E-state index contributed by atoms with van der Waals surface area (Å²) in [6.45, 7) is 1.92. The molecule has 0 atom stereocenters. The van der Waals surface area contributed by atoms with Crippen molar-refractivity contribution >= 4 is 39.1 Å². The third-order valence-electron chi connectivity index (χ3n) is 3.36. The van der Waals surface area contributed by atoms with Gasteiger partial charge in [0.15, 0.2) is 0 Å². The summed E-state index contributed by atoms with van der Waals surface area (Å²) in [4.78, 5) is 23.2. The van der Waals surface area contributed by atoms with Gasteiger partial charge in [0, 0.05) is 17.8 Å². The van der Waals surface area contributed by atoms with Gasteiger partial charge in [-0.1, -0.05) is 11.6 Å². The van der Waals surface area contributed by atoms with Crippen LogP contribution >= 0.6 is 11.6 Å². The zero-order chi connectivity index (χ0) is 20.0. The van der Waals surface area contributed by atoms with E-state index >= 15 is 0 Å². The lowest BCUT2D eigenvalue weighted by Crippen LogP contribution is -2.36. The number of amides is 2. The molecule has 0 fully saturated rings. The smallest absolute Gasteiger partial charge is 0.263 e. The van der Waals surface area contributed by atoms with Gasteiger partial charge in [-0.15, -0.1) is 0 Å². The van der Waals surface area contributed by atoms with E-state index in [1.807, 2.05) is 0 Å². The van der Waals surface area contributed by atoms with Crippen LogP contribution in [0.15, 0.2) is 47.4 Å². The number of likely N-dealkylation sites (N-methyl/N-ethyl adjacent to an activating group) is 1. The molecule has 2 rings (SSSR count). The van der Waals surface area contributed by atoms with Crippen LogP contribution in [0.5, 0.6) is 0 Å². The first-order valence-electron chi connectivity index (χ1n) is 7.85. The van der Waals surface area contributed by atoms with Gasteiger partial charge >= 0.3 is 0 Å². The van der Waals surface area contributed by atoms with Crippen LogP contribution in [0.3, 0.4) is 0 Å². The van der Waals surface area contributed by atoms with E-state index in [9.17, 15) is 22.4 Å². The Labute approximate surface area is 161 Å². The maximum absolute atomic E-state index is 13.0. The van der Waals surface area contributed by atoms with E-state index in [1.165, 1.54) is 24.3 Å². The first-order valence-corrected chi connectivity index (χ1v) is 9.72. The van der Waals surface area contributed by atoms with Crippen LogP contribution in [-0.4, -0.2) is 33.3 Å². The Hall–Kier alpha value is -2.65. The van der Waals surface area contributed by atoms with E-state index in [0.29, 0.717) is 6.54 Å². The molecule has 3 N–H and O–H groups in total. The summed E-state index contributed by atoms with van der Waals surface area (Å²) < 4.78 is 40.3. The molecule has 0 aliphatic carbocycles. The summed E-state index contributed by atoms with van der Waals surface area (Å²) in [7, 11) is -4.12. The third kappa shape index (κ3) is 5.66. The number of carbonyl (C=O) groups excluding carboxylic acids is 2. The fourth-order valence-electron chi connectivity index (χ4n) is 2.10. The SMILES string of the molecule is CCNC(=O)CNC(=O)c1ccc(Cl)c(S(=O)(=O)Nc2ccc(F)cc2)c1. The van der Waals surface area contributed by atoms with Gasteiger partial charge in [0.1, 0.15) is 10.7 Å². The highest BCUT2D eigenvalue weighted by Gasteiger charge is 2.20. The molecule has 10 heteroatoms. The van der Waals surface area contributed by atoms with Crippen LogP contribution in [-0.2, 0) is 14.8 Å². The second-order valence-corrected chi connectivity index (χ2v) is 7.45. The number of anilines is 1. The van der Waals surface area contributed by atoms with E-state index in [2.05, 4.69) is 15.4 Å². The molecule has 2 aromatic rings. The molecular weight excluding hydrogens is 397 g/mol. The second kappa shape index (κ2) is 8.83. The number of carbonyl (C=O) groups is 2. The first-order chi connectivity index (χ1) is 12.7. The van der Waals surface area contributed by atoms with Crippen LogP contribution in [0.25, 0.3) is 0 Å². The minimum atomic E-state index is -4.12. The highest BCUT2D eigenvalue weighted by atomic mass is 35.5. The Morgan fingerprint density at radius 3 is 2.37 bits per heavy atom. The molecule has 0 spiro atoms. The molecule has 2 aromatic carbocycles. The number of nitrogens with one attached hydrogen (secondary N) is 3. The molecular formula is C17H17ClFN3O4S. The van der Waals surface area contributed by atoms with Crippen molar-refractivity contribution < 1.29 is 22.4 Å². The second-order valence-electron chi connectivity index (χ2n) is 5.39. The van der Waals surface area contributed by atoms with E-state index in [4.69, 9.17) is 11.6 Å². The normalized spacial score (nSPS) is 10.9. The zero-order valence-electron chi connectivity index (χ0n) is 14.3. The summed E-state index contributed by atoms with van der Waals surface area (Å²) in [6, 6.07) is 8.41. The fraction of sp³-hybridized carbons (Fsp3) is 0.176. The van der Waals surface area contributed by atoms with E-state index in [1.54, 1.807) is 6.92 Å². The molecule has 0 aliphatic rings. The molecule has 27 heavy (non-hydrogen) atoms. The predicted octanol–water partition coefficient (Wildman–Crippen LogP) is 2.15. The van der Waals surface area contributed by atoms with Gasteiger partial charge in [0.2, 0.25) is 5.91 Å². The van der Waals surface area contributed by atoms with Crippen molar-refractivity contribution in [1.29, 1.82) is 0 Å². The lowest BCUT2D eigenvalue weighted by atomic mass is 10.2. The highest BCUT2D eigenvalue weighted by molar-refractivity contribution is 7.92. The fourth-order valence-corrected chi connectivity index (χ4v) is 3.69. The average Bonchev–Trinajstić information content (AvgIpc) is 2.62. The van der Waals surface area contributed by atoms with Crippen LogP contribution in [0, 0.1) is 5.82 Å². The van der Waals surface area contributed by atoms with Gasteiger partial charge in [-0.25, -0.2) is 12.8 Å². The van der Waals surface area contributed by atoms with Gasteiger partial charge in [-0.2, -0.15) is 0 Å². The monoisotopic (exact) mass is 413 g/mol. The molecule has 7 nitrogen and oxygen atoms in total. The summed E-state index contributed by atoms with van der Waals surface area (Å²) in [5, 5.41) is 4.81. The minimum absolute atomic E-state index is 0.0168. The van der Waals surface area contributed by atoms with Crippen molar-refractivity contribution in [3.05, 3.63) is 58.9 Å². The number of sulfonamides is 1. The summed E-state index contributed by atoms with van der Waals surface area (Å²) in [6.07, 6.45) is 0. The van der Waals surface area contributed by atoms with Crippen molar-refractivity contribution in [2.24, 2.45) is 0 Å². The quantitative estimate of drug-likeness (QED) is 0.646. The maximum Gasteiger partial charge on any atom is 0.263 e. The van der Waals surface area contributed by atoms with Gasteiger partial charge in [0.05, 0.1) is 11.6 Å². The summed E-state index contributed by atoms with van der Waals surface area (Å²) in [5.74, 6) is -1.51. The largest absolute Gasteiger partial charge is 0.355 e. The molecule has 0 heterocycles. The molecule has 2 amide bonds. The van der Waals surface area contributed by atoms with Crippen molar-refractivity contribution in [1.82, 2.24) is 10.6 Å². The van der Waals surface area contributed by atoms with Crippen molar-refractivity contribution in [2.45, 2.75) is 11.8 Å². The number of halogens is 2. The van der Waals surface area contributed by atoms with E-state index < -0.39 is 21.7 Å². The first kappa shape index (κ1) is 20.7. The molecule has 0 aliphatic heterocycles. The molecule has 144 valence electrons. The Morgan fingerprint density at radius 1 is 1.07 bits per heavy atom. The Balaban J connectivity index is 2.21.